The van der Waals surface area contributed by atoms with Crippen molar-refractivity contribution in [2.75, 3.05) is 0 Å². The Labute approximate surface area is 181 Å². The van der Waals surface area contributed by atoms with Gasteiger partial charge in [0.2, 0.25) is 0 Å². The summed E-state index contributed by atoms with van der Waals surface area (Å²) in [6, 6.07) is 3.63. The molecule has 0 saturated heterocycles. The topological polar surface area (TPSA) is 45.2 Å². The number of aldehydes is 1. The number of aryl methyl sites for hydroxylation is 2. The minimum Gasteiger partial charge on any atom is -0.507 e. The number of aromatic nitrogens is 1. The van der Waals surface area contributed by atoms with Crippen LogP contribution in [0.4, 0.5) is 8.63 Å². The van der Waals surface area contributed by atoms with Crippen LogP contribution in [0.25, 0.3) is 5.57 Å². The van der Waals surface area contributed by atoms with Crippen LogP contribution >= 0.6 is 0 Å². The monoisotopic (exact) mass is 424 g/mol. The molecule has 4 rings (SSSR count). The van der Waals surface area contributed by atoms with E-state index in [1.54, 1.807) is 32.9 Å². The zero-order chi connectivity index (χ0) is 23.0. The third-order valence-corrected chi connectivity index (χ3v) is 6.58. The molecule has 1 aromatic heterocycles. The maximum absolute atomic E-state index is 15.8. The molecule has 4 nitrogen and oxygen atoms in total. The van der Waals surface area contributed by atoms with E-state index in [1.807, 2.05) is 33.8 Å². The van der Waals surface area contributed by atoms with Crippen LogP contribution in [0.5, 0.6) is 5.75 Å². The van der Waals surface area contributed by atoms with Crippen LogP contribution in [0.3, 0.4) is 0 Å². The van der Waals surface area contributed by atoms with Crippen LogP contribution in [0, 0.1) is 20.8 Å². The average Bonchev–Trinajstić information content (AvgIpc) is 3.13. The molecule has 0 aliphatic carbocycles. The van der Waals surface area contributed by atoms with Crippen LogP contribution < -0.4 is 0 Å². The first-order valence-electron chi connectivity index (χ1n) is 10.5. The van der Waals surface area contributed by atoms with E-state index >= 15 is 8.63 Å². The van der Waals surface area contributed by atoms with Gasteiger partial charge in [-0.3, -0.25) is 4.79 Å². The van der Waals surface area contributed by atoms with Crippen molar-refractivity contribution < 1.29 is 23.0 Å². The van der Waals surface area contributed by atoms with E-state index in [1.165, 1.54) is 0 Å². The molecule has 0 spiro atoms. The average molecular weight is 424 g/mol. The highest BCUT2D eigenvalue weighted by Crippen LogP contribution is 2.46. The van der Waals surface area contributed by atoms with Gasteiger partial charge in [0.25, 0.3) is 0 Å². The summed E-state index contributed by atoms with van der Waals surface area (Å²) in [7, 11) is 0. The Hall–Kier alpha value is -2.96. The highest BCUT2D eigenvalue weighted by molar-refractivity contribution is 6.58. The zero-order valence-electron chi connectivity index (χ0n) is 19.0. The van der Waals surface area contributed by atoms with Gasteiger partial charge in [0.15, 0.2) is 12.0 Å². The van der Waals surface area contributed by atoms with E-state index in [-0.39, 0.29) is 17.2 Å². The molecule has 0 unspecified atom stereocenters. The van der Waals surface area contributed by atoms with Gasteiger partial charge in [-0.25, -0.2) is 0 Å². The molecule has 162 valence electrons. The van der Waals surface area contributed by atoms with Crippen LogP contribution in [0.2, 0.25) is 0 Å². The summed E-state index contributed by atoms with van der Waals surface area (Å²) < 4.78 is 33.9. The number of allylic oxidation sites excluding steroid dienone is 2. The van der Waals surface area contributed by atoms with Crippen LogP contribution in [-0.4, -0.2) is 33.0 Å². The number of carbonyl (C=O) groups excluding carboxylic acids is 1. The molecular weight excluding hydrogens is 397 g/mol. The fourth-order valence-electron chi connectivity index (χ4n) is 5.21. The minimum absolute atomic E-state index is 0.0382. The number of phenolic OH excluding ortho intramolecular Hbond substituents is 1. The van der Waals surface area contributed by atoms with Gasteiger partial charge in [0.05, 0.1) is 11.1 Å². The van der Waals surface area contributed by atoms with Crippen molar-refractivity contribution in [2.24, 2.45) is 0 Å². The number of hydrogen-bond acceptors (Lipinski definition) is 2. The maximum atomic E-state index is 15.8. The Morgan fingerprint density at radius 1 is 1.13 bits per heavy atom. The highest BCUT2D eigenvalue weighted by Gasteiger charge is 2.55. The van der Waals surface area contributed by atoms with Crippen LogP contribution in [0.1, 0.15) is 77.6 Å². The normalized spacial score (nSPS) is 17.3. The molecular formula is C24H27BF2N2O2. The maximum Gasteiger partial charge on any atom is 0.737 e. The number of nitrogens with zero attached hydrogens (tertiary/aromatic N) is 2. The SMILES string of the molecule is CC1=CC(C)=[N+]2C1=C(c1cc(C(C)C)c(O)c(C=O)c1C)c1c(C)cc(C)n1[B-]2(F)F. The zero-order valence-corrected chi connectivity index (χ0v) is 19.0. The second kappa shape index (κ2) is 6.77. The molecule has 0 radical (unpaired) electrons. The summed E-state index contributed by atoms with van der Waals surface area (Å²) in [5, 5.41) is 10.7. The molecule has 1 aromatic carbocycles. The molecule has 0 fully saturated rings. The second-order valence-corrected chi connectivity index (χ2v) is 9.01. The number of hydrogen-bond donors (Lipinski definition) is 1. The van der Waals surface area contributed by atoms with E-state index < -0.39 is 6.97 Å². The lowest BCUT2D eigenvalue weighted by Crippen LogP contribution is -2.51. The molecule has 0 atom stereocenters. The van der Waals surface area contributed by atoms with E-state index in [0.29, 0.717) is 51.3 Å². The lowest BCUT2D eigenvalue weighted by atomic mass is 9.81. The fourth-order valence-corrected chi connectivity index (χ4v) is 5.21. The smallest absolute Gasteiger partial charge is 0.507 e. The van der Waals surface area contributed by atoms with Gasteiger partial charge in [0.1, 0.15) is 11.5 Å². The van der Waals surface area contributed by atoms with Crippen molar-refractivity contribution in [3.05, 3.63) is 68.7 Å². The number of rotatable bonds is 3. The Kier molecular flexibility index (Phi) is 4.65. The lowest BCUT2D eigenvalue weighted by molar-refractivity contribution is -0.363. The Morgan fingerprint density at radius 3 is 2.35 bits per heavy atom. The van der Waals surface area contributed by atoms with E-state index in [9.17, 15) is 9.90 Å². The molecule has 3 heterocycles. The number of fused-ring (bicyclic) bond motifs is 2. The van der Waals surface area contributed by atoms with Gasteiger partial charge in [-0.15, -0.1) is 0 Å². The minimum atomic E-state index is -4.06. The highest BCUT2D eigenvalue weighted by atomic mass is 19.2. The Balaban J connectivity index is 2.23. The first-order chi connectivity index (χ1) is 14.4. The van der Waals surface area contributed by atoms with Crippen LogP contribution in [0.15, 0.2) is 29.5 Å². The van der Waals surface area contributed by atoms with Gasteiger partial charge in [-0.2, -0.15) is 0 Å². The first kappa shape index (κ1) is 21.3. The Morgan fingerprint density at radius 2 is 1.77 bits per heavy atom. The van der Waals surface area contributed by atoms with Crippen molar-refractivity contribution in [1.29, 1.82) is 0 Å². The van der Waals surface area contributed by atoms with Crippen LogP contribution in [-0.2, 0) is 0 Å². The molecule has 2 aliphatic heterocycles. The van der Waals surface area contributed by atoms with Gasteiger partial charge in [0, 0.05) is 24.3 Å². The molecule has 1 N–H and O–H groups in total. The van der Waals surface area contributed by atoms with Crippen molar-refractivity contribution in [2.45, 2.75) is 54.4 Å². The summed E-state index contributed by atoms with van der Waals surface area (Å²) >= 11 is 0. The third kappa shape index (κ3) is 2.72. The van der Waals surface area contributed by atoms with Gasteiger partial charge < -0.3 is 22.7 Å². The number of aromatic hydroxyl groups is 1. The summed E-state index contributed by atoms with van der Waals surface area (Å²) in [4.78, 5) is 11.9. The predicted molar refractivity (Wildman–Crippen MR) is 120 cm³/mol. The van der Waals surface area contributed by atoms with Crippen molar-refractivity contribution in [3.63, 3.8) is 0 Å². The van der Waals surface area contributed by atoms with Gasteiger partial charge in [-0.1, -0.05) is 13.8 Å². The second-order valence-electron chi connectivity index (χ2n) is 9.01. The molecule has 2 aromatic rings. The molecule has 0 saturated carbocycles. The van der Waals surface area contributed by atoms with Crippen molar-refractivity contribution in [1.82, 2.24) is 4.48 Å². The van der Waals surface area contributed by atoms with E-state index in [0.717, 1.165) is 20.1 Å². The van der Waals surface area contributed by atoms with Gasteiger partial charge >= 0.3 is 6.97 Å². The quantitative estimate of drug-likeness (QED) is 0.524. The molecule has 2 aliphatic rings. The molecule has 0 amide bonds. The summed E-state index contributed by atoms with van der Waals surface area (Å²) in [6.07, 6.45) is 2.43. The molecule has 0 bridgehead atoms. The number of phenols is 1. The summed E-state index contributed by atoms with van der Waals surface area (Å²) in [6.45, 7) is 8.63. The largest absolute Gasteiger partial charge is 0.737 e. The predicted octanol–water partition coefficient (Wildman–Crippen LogP) is 5.48. The summed E-state index contributed by atoms with van der Waals surface area (Å²) in [5.74, 6) is -0.0825. The Bertz CT molecular complexity index is 1260. The first-order valence-corrected chi connectivity index (χ1v) is 10.5. The van der Waals surface area contributed by atoms with Crippen molar-refractivity contribution in [3.8, 4) is 5.75 Å². The van der Waals surface area contributed by atoms with E-state index in [4.69, 9.17) is 0 Å². The number of carbonyl (C=O) groups is 1. The summed E-state index contributed by atoms with van der Waals surface area (Å²) in [5.41, 5.74) is 6.20. The number of halogens is 2. The standard InChI is InChI=1S/C24H27BF2N2O2/c1-12(2)18-10-19(17(7)20(11-30)24(18)31)21-22-13(3)8-15(5)28(22)25(26,27)29-16(6)9-14(4)23(21)29/h8-12,31H,1-7H3. The third-order valence-electron chi connectivity index (χ3n) is 6.58. The lowest BCUT2D eigenvalue weighted by Gasteiger charge is -2.34. The van der Waals surface area contributed by atoms with Crippen molar-refractivity contribution >= 4 is 24.5 Å². The molecule has 7 heteroatoms. The molecule has 31 heavy (non-hydrogen) atoms. The fraction of sp³-hybridized carbons (Fsp3) is 0.333. The number of benzene rings is 1. The van der Waals surface area contributed by atoms with E-state index in [2.05, 4.69) is 0 Å². The van der Waals surface area contributed by atoms with Gasteiger partial charge in [-0.05, 0) is 73.7 Å².